The van der Waals surface area contributed by atoms with E-state index in [1.807, 2.05) is 48.5 Å². The van der Waals surface area contributed by atoms with E-state index >= 15 is 0 Å². The molecule has 1 amide bonds. The summed E-state index contributed by atoms with van der Waals surface area (Å²) in [7, 11) is 0. The maximum absolute atomic E-state index is 12.3. The number of nitrogens with zero attached hydrogens (tertiary/aromatic N) is 3. The highest BCUT2D eigenvalue weighted by molar-refractivity contribution is 5.75. The zero-order valence-electron chi connectivity index (χ0n) is 27.0. The average Bonchev–Trinajstić information content (AvgIpc) is 3.11. The van der Waals surface area contributed by atoms with Crippen LogP contribution < -0.4 is 10.2 Å². The van der Waals surface area contributed by atoms with Gasteiger partial charge in [-0.05, 0) is 41.7 Å². The van der Waals surface area contributed by atoms with Crippen molar-refractivity contribution in [3.8, 4) is 0 Å². The van der Waals surface area contributed by atoms with E-state index in [1.165, 1.54) is 0 Å². The van der Waals surface area contributed by atoms with E-state index in [0.29, 0.717) is 38.6 Å². The largest absolute Gasteiger partial charge is 0.481 e. The molecule has 3 N–H and O–H groups in total. The van der Waals surface area contributed by atoms with Crippen LogP contribution >= 0.6 is 0 Å². The SMILES string of the molecule is O=C(O)CCCCCC(=O)NCc1ccc([C@@H]2O[C@H](CN3CCN(c4ccc([N+](=O)[O-])cc4)CC3)C[C@H](c3ccc(CO)cc3)O2)cc1. The zero-order chi connectivity index (χ0) is 33.9. The van der Waals surface area contributed by atoms with Crippen LogP contribution in [0.25, 0.3) is 0 Å². The molecule has 3 atom stereocenters. The third kappa shape index (κ3) is 10.1. The third-order valence-corrected chi connectivity index (χ3v) is 8.91. The highest BCUT2D eigenvalue weighted by atomic mass is 16.7. The number of non-ortho nitro benzene ring substituents is 1. The Kier molecular flexibility index (Phi) is 12.5. The van der Waals surface area contributed by atoms with Gasteiger partial charge in [0.2, 0.25) is 5.91 Å². The molecule has 12 nitrogen and oxygen atoms in total. The molecular formula is C36H44N4O8. The molecule has 2 fully saturated rings. The number of carbonyl (C=O) groups excluding carboxylic acids is 1. The number of hydrogen-bond donors (Lipinski definition) is 3. The number of aliphatic hydroxyl groups excluding tert-OH is 1. The van der Waals surface area contributed by atoms with Gasteiger partial charge in [-0.1, -0.05) is 55.0 Å². The highest BCUT2D eigenvalue weighted by Crippen LogP contribution is 2.38. The Morgan fingerprint density at radius 2 is 1.48 bits per heavy atom. The van der Waals surface area contributed by atoms with Gasteiger partial charge < -0.3 is 29.9 Å². The summed E-state index contributed by atoms with van der Waals surface area (Å²) in [5, 5.41) is 32.2. The predicted octanol–water partition coefficient (Wildman–Crippen LogP) is 5.11. The first-order valence-electron chi connectivity index (χ1n) is 16.6. The van der Waals surface area contributed by atoms with E-state index in [9.17, 15) is 24.8 Å². The van der Waals surface area contributed by atoms with Crippen molar-refractivity contribution in [1.82, 2.24) is 10.2 Å². The Morgan fingerprint density at radius 3 is 2.12 bits per heavy atom. The summed E-state index contributed by atoms with van der Waals surface area (Å²) < 4.78 is 13.1. The van der Waals surface area contributed by atoms with Crippen LogP contribution in [-0.4, -0.2) is 70.7 Å². The number of piperazine rings is 1. The number of nitro benzene ring substituents is 1. The number of aliphatic hydroxyl groups is 1. The van der Waals surface area contributed by atoms with E-state index in [4.69, 9.17) is 14.6 Å². The van der Waals surface area contributed by atoms with Crippen LogP contribution in [0.2, 0.25) is 0 Å². The summed E-state index contributed by atoms with van der Waals surface area (Å²) in [4.78, 5) is 38.2. The van der Waals surface area contributed by atoms with Crippen molar-refractivity contribution in [2.75, 3.05) is 37.6 Å². The molecule has 48 heavy (non-hydrogen) atoms. The lowest BCUT2D eigenvalue weighted by molar-refractivity contribution is -0.384. The van der Waals surface area contributed by atoms with Crippen molar-refractivity contribution in [2.24, 2.45) is 0 Å². The molecule has 256 valence electrons. The first-order chi connectivity index (χ1) is 23.3. The normalized spacial score (nSPS) is 19.9. The number of hydrogen-bond acceptors (Lipinski definition) is 9. The summed E-state index contributed by atoms with van der Waals surface area (Å²) in [5.74, 6) is -0.869. The second-order valence-electron chi connectivity index (χ2n) is 12.4. The molecule has 0 radical (unpaired) electrons. The lowest BCUT2D eigenvalue weighted by atomic mass is 9.99. The van der Waals surface area contributed by atoms with Crippen LogP contribution in [0, 0.1) is 10.1 Å². The summed E-state index contributed by atoms with van der Waals surface area (Å²) >= 11 is 0. The first-order valence-corrected chi connectivity index (χ1v) is 16.6. The fraction of sp³-hybridized carbons (Fsp3) is 0.444. The van der Waals surface area contributed by atoms with Crippen molar-refractivity contribution in [3.63, 3.8) is 0 Å². The van der Waals surface area contributed by atoms with E-state index in [1.54, 1.807) is 24.3 Å². The number of nitro groups is 1. The molecule has 0 spiro atoms. The number of carboxylic acids is 1. The van der Waals surface area contributed by atoms with Gasteiger partial charge in [-0.15, -0.1) is 0 Å². The molecule has 12 heteroatoms. The number of amides is 1. The number of nitrogens with one attached hydrogen (secondary N) is 1. The number of unbranched alkanes of at least 4 members (excludes halogenated alkanes) is 2. The van der Waals surface area contributed by atoms with Crippen molar-refractivity contribution >= 4 is 23.3 Å². The van der Waals surface area contributed by atoms with Gasteiger partial charge in [-0.2, -0.15) is 0 Å². The van der Waals surface area contributed by atoms with Crippen molar-refractivity contribution < 1.29 is 34.2 Å². The molecule has 3 aromatic carbocycles. The summed E-state index contributed by atoms with van der Waals surface area (Å²) in [6.45, 7) is 4.39. The van der Waals surface area contributed by atoms with Gasteiger partial charge in [-0.25, -0.2) is 0 Å². The second-order valence-corrected chi connectivity index (χ2v) is 12.4. The van der Waals surface area contributed by atoms with Gasteiger partial charge in [0.05, 0.1) is 23.7 Å². The van der Waals surface area contributed by atoms with E-state index in [0.717, 1.165) is 60.7 Å². The lowest BCUT2D eigenvalue weighted by Crippen LogP contribution is -2.49. The first kappa shape index (κ1) is 35.0. The van der Waals surface area contributed by atoms with Crippen molar-refractivity contribution in [1.29, 1.82) is 0 Å². The maximum atomic E-state index is 12.3. The number of carbonyl (C=O) groups is 2. The smallest absolute Gasteiger partial charge is 0.303 e. The van der Waals surface area contributed by atoms with Gasteiger partial charge in [0.1, 0.15) is 0 Å². The lowest BCUT2D eigenvalue weighted by Gasteiger charge is -2.41. The minimum absolute atomic E-state index is 0.0222. The molecule has 0 unspecified atom stereocenters. The van der Waals surface area contributed by atoms with Crippen molar-refractivity contribution in [3.05, 3.63) is 105 Å². The number of anilines is 1. The minimum Gasteiger partial charge on any atom is -0.481 e. The monoisotopic (exact) mass is 660 g/mol. The molecular weight excluding hydrogens is 616 g/mol. The number of carboxylic acid groups (broad SMARTS) is 1. The number of ether oxygens (including phenoxy) is 2. The summed E-state index contributed by atoms with van der Waals surface area (Å²) in [6.07, 6.45) is 2.25. The van der Waals surface area contributed by atoms with Crippen LogP contribution in [-0.2, 0) is 32.2 Å². The molecule has 2 aliphatic rings. The van der Waals surface area contributed by atoms with E-state index in [-0.39, 0.29) is 41.8 Å². The third-order valence-electron chi connectivity index (χ3n) is 8.91. The number of aliphatic carboxylic acids is 1. The minimum atomic E-state index is -0.813. The molecule has 0 bridgehead atoms. The van der Waals surface area contributed by atoms with Gasteiger partial charge in [-0.3, -0.25) is 24.6 Å². The van der Waals surface area contributed by atoms with Crippen LogP contribution in [0.15, 0.2) is 72.8 Å². The Balaban J connectivity index is 1.17. The van der Waals surface area contributed by atoms with Crippen LogP contribution in [0.1, 0.15) is 73.2 Å². The predicted molar refractivity (Wildman–Crippen MR) is 179 cm³/mol. The van der Waals surface area contributed by atoms with Gasteiger partial charge in [0.15, 0.2) is 6.29 Å². The average molecular weight is 661 g/mol. The maximum Gasteiger partial charge on any atom is 0.303 e. The van der Waals surface area contributed by atoms with E-state index in [2.05, 4.69) is 15.1 Å². The molecule has 0 aliphatic carbocycles. The fourth-order valence-electron chi connectivity index (χ4n) is 6.12. The topological polar surface area (TPSA) is 155 Å². The fourth-order valence-corrected chi connectivity index (χ4v) is 6.12. The molecule has 2 heterocycles. The van der Waals surface area contributed by atoms with Crippen LogP contribution in [0.4, 0.5) is 11.4 Å². The molecule has 0 saturated carbocycles. The number of rotatable bonds is 15. The summed E-state index contributed by atoms with van der Waals surface area (Å²) in [5.41, 5.74) is 4.76. The van der Waals surface area contributed by atoms with E-state index < -0.39 is 12.3 Å². The van der Waals surface area contributed by atoms with Gasteiger partial charge in [0.25, 0.3) is 5.69 Å². The summed E-state index contributed by atoms with van der Waals surface area (Å²) in [6, 6.07) is 22.4. The van der Waals surface area contributed by atoms with Gasteiger partial charge >= 0.3 is 5.97 Å². The number of benzene rings is 3. The Hall–Kier alpha value is -4.36. The molecule has 2 saturated heterocycles. The molecule has 2 aliphatic heterocycles. The van der Waals surface area contributed by atoms with Crippen LogP contribution in [0.5, 0.6) is 0 Å². The molecule has 0 aromatic heterocycles. The van der Waals surface area contributed by atoms with Crippen molar-refractivity contribution in [2.45, 2.75) is 70.2 Å². The second kappa shape index (κ2) is 17.2. The van der Waals surface area contributed by atoms with Crippen LogP contribution in [0.3, 0.4) is 0 Å². The Bertz CT molecular complexity index is 1490. The van der Waals surface area contributed by atoms with Gasteiger partial charge in [0, 0.05) is 81.9 Å². The quantitative estimate of drug-likeness (QED) is 0.114. The molecule has 5 rings (SSSR count). The molecule has 3 aromatic rings. The standard InChI is InChI=1S/C36H44N4O8/c41-25-27-8-10-28(11-9-27)33-22-32(24-38-18-20-39(21-19-38)30-14-16-31(17-15-30)40(45)46)47-36(48-33)29-12-6-26(7-13-29)23-37-34(42)4-2-1-3-5-35(43)44/h6-17,32-33,36,41H,1-5,18-25H2,(H,37,42)(H,43,44)/t32-,33+,36+/m0/s1. The Morgan fingerprint density at radius 1 is 0.833 bits per heavy atom. The highest BCUT2D eigenvalue weighted by Gasteiger charge is 2.34. The zero-order valence-corrected chi connectivity index (χ0v) is 27.0. The Labute approximate surface area is 280 Å².